The summed E-state index contributed by atoms with van der Waals surface area (Å²) < 4.78 is 24.7. The van der Waals surface area contributed by atoms with E-state index in [4.69, 9.17) is 29.2 Å². The van der Waals surface area contributed by atoms with Gasteiger partial charge in [0.2, 0.25) is 0 Å². The van der Waals surface area contributed by atoms with Crippen molar-refractivity contribution in [2.75, 3.05) is 73.2 Å². The van der Waals surface area contributed by atoms with Crippen LogP contribution in [0.5, 0.6) is 0 Å². The minimum atomic E-state index is -0.347. The Morgan fingerprint density at radius 1 is 0.783 bits per heavy atom. The van der Waals surface area contributed by atoms with Gasteiger partial charge in [-0.2, -0.15) is 0 Å². The molecule has 0 atom stereocenters. The van der Waals surface area contributed by atoms with Crippen molar-refractivity contribution in [1.82, 2.24) is 0 Å². The van der Waals surface area contributed by atoms with Crippen molar-refractivity contribution in [2.24, 2.45) is 0 Å². The highest BCUT2D eigenvalue weighted by Crippen LogP contribution is 1.87. The van der Waals surface area contributed by atoms with Gasteiger partial charge in [0, 0.05) is 5.57 Å². The first-order chi connectivity index (χ1) is 11.1. The molecule has 0 rings (SSSR count). The van der Waals surface area contributed by atoms with E-state index in [1.807, 2.05) is 0 Å². The van der Waals surface area contributed by atoms with Gasteiger partial charge in [-0.05, 0) is 6.92 Å². The summed E-state index contributed by atoms with van der Waals surface area (Å²) in [7, 11) is 1.33. The maximum absolute atomic E-state index is 10.2. The SMILES string of the molecule is C=C(C)C(=O)OC.OCCOCCOCCOCCOCCO. The van der Waals surface area contributed by atoms with Crippen LogP contribution in [0.3, 0.4) is 0 Å². The zero-order chi connectivity index (χ0) is 17.8. The Morgan fingerprint density at radius 2 is 1.09 bits per heavy atom. The van der Waals surface area contributed by atoms with E-state index in [-0.39, 0.29) is 19.2 Å². The minimum absolute atomic E-state index is 0.0386. The van der Waals surface area contributed by atoms with E-state index in [9.17, 15) is 4.79 Å². The number of hydrogen-bond acceptors (Lipinski definition) is 8. The fourth-order valence-electron chi connectivity index (χ4n) is 1.07. The van der Waals surface area contributed by atoms with Gasteiger partial charge in [-0.3, -0.25) is 0 Å². The molecule has 8 heteroatoms. The van der Waals surface area contributed by atoms with Crippen molar-refractivity contribution in [1.29, 1.82) is 0 Å². The second kappa shape index (κ2) is 21.0. The van der Waals surface area contributed by atoms with E-state index in [0.29, 0.717) is 58.4 Å². The summed E-state index contributed by atoms with van der Waals surface area (Å²) >= 11 is 0. The summed E-state index contributed by atoms with van der Waals surface area (Å²) in [4.78, 5) is 10.2. The Morgan fingerprint density at radius 3 is 1.26 bits per heavy atom. The lowest BCUT2D eigenvalue weighted by Crippen LogP contribution is -2.13. The lowest BCUT2D eigenvalue weighted by Gasteiger charge is -2.06. The maximum atomic E-state index is 10.2. The van der Waals surface area contributed by atoms with Gasteiger partial charge in [0.15, 0.2) is 0 Å². The molecule has 0 aromatic rings. The van der Waals surface area contributed by atoms with Gasteiger partial charge in [-0.15, -0.1) is 0 Å². The summed E-state index contributed by atoms with van der Waals surface area (Å²) in [5, 5.41) is 16.8. The molecule has 0 saturated heterocycles. The lowest BCUT2D eigenvalue weighted by molar-refractivity contribution is -0.136. The molecule has 138 valence electrons. The Labute approximate surface area is 137 Å². The topological polar surface area (TPSA) is 104 Å². The third kappa shape index (κ3) is 23.4. The summed E-state index contributed by atoms with van der Waals surface area (Å²) in [5.74, 6) is -0.347. The molecule has 0 heterocycles. The number of carbonyl (C=O) groups is 1. The van der Waals surface area contributed by atoms with Crippen LogP contribution in [0.1, 0.15) is 6.92 Å². The van der Waals surface area contributed by atoms with Gasteiger partial charge in [-0.1, -0.05) is 6.58 Å². The summed E-state index contributed by atoms with van der Waals surface area (Å²) in [6.07, 6.45) is 0. The second-order valence-electron chi connectivity index (χ2n) is 4.17. The molecule has 0 bridgehead atoms. The first kappa shape index (κ1) is 24.2. The lowest BCUT2D eigenvalue weighted by atomic mass is 10.4. The molecule has 0 fully saturated rings. The highest BCUT2D eigenvalue weighted by Gasteiger charge is 1.95. The highest BCUT2D eigenvalue weighted by molar-refractivity contribution is 5.86. The number of aliphatic hydroxyl groups is 2. The zero-order valence-electron chi connectivity index (χ0n) is 14.1. The number of rotatable bonds is 14. The van der Waals surface area contributed by atoms with Gasteiger partial charge in [0.05, 0.1) is 73.2 Å². The van der Waals surface area contributed by atoms with Crippen molar-refractivity contribution in [3.8, 4) is 0 Å². The van der Waals surface area contributed by atoms with Gasteiger partial charge >= 0.3 is 5.97 Å². The number of methoxy groups -OCH3 is 1. The first-order valence-electron chi connectivity index (χ1n) is 7.36. The van der Waals surface area contributed by atoms with Gasteiger partial charge in [0.1, 0.15) is 0 Å². The molecule has 0 unspecified atom stereocenters. The van der Waals surface area contributed by atoms with Crippen molar-refractivity contribution in [3.63, 3.8) is 0 Å². The number of carbonyl (C=O) groups excluding carboxylic acids is 1. The molecule has 0 amide bonds. The first-order valence-corrected chi connectivity index (χ1v) is 7.36. The zero-order valence-corrected chi connectivity index (χ0v) is 14.1. The molecule has 0 aliphatic heterocycles. The Kier molecular flexibility index (Phi) is 22.1. The summed E-state index contributed by atoms with van der Waals surface area (Å²) in [5.41, 5.74) is 0.433. The number of aliphatic hydroxyl groups excluding tert-OH is 2. The smallest absolute Gasteiger partial charge is 0.332 e. The third-order valence-electron chi connectivity index (χ3n) is 2.12. The molecule has 0 aliphatic carbocycles. The molecule has 0 saturated carbocycles. The van der Waals surface area contributed by atoms with E-state index in [1.54, 1.807) is 6.92 Å². The van der Waals surface area contributed by atoms with Crippen LogP contribution >= 0.6 is 0 Å². The Bertz CT molecular complexity index is 256. The number of esters is 1. The molecule has 23 heavy (non-hydrogen) atoms. The van der Waals surface area contributed by atoms with E-state index in [1.165, 1.54) is 7.11 Å². The fraction of sp³-hybridized carbons (Fsp3) is 0.800. The van der Waals surface area contributed by atoms with Gasteiger partial charge in [0.25, 0.3) is 0 Å². The second-order valence-corrected chi connectivity index (χ2v) is 4.17. The van der Waals surface area contributed by atoms with Crippen LogP contribution in [-0.2, 0) is 28.5 Å². The van der Waals surface area contributed by atoms with Crippen molar-refractivity contribution in [3.05, 3.63) is 12.2 Å². The van der Waals surface area contributed by atoms with Crippen LogP contribution in [-0.4, -0.2) is 89.4 Å². The Balaban J connectivity index is 0. The van der Waals surface area contributed by atoms with Crippen LogP contribution in [0.4, 0.5) is 0 Å². The van der Waals surface area contributed by atoms with Crippen molar-refractivity contribution >= 4 is 5.97 Å². The molecule has 0 aromatic carbocycles. The van der Waals surface area contributed by atoms with Crippen LogP contribution in [0.2, 0.25) is 0 Å². The average Bonchev–Trinajstić information content (AvgIpc) is 2.55. The van der Waals surface area contributed by atoms with Crippen LogP contribution in [0.15, 0.2) is 12.2 Å². The maximum Gasteiger partial charge on any atom is 0.332 e. The normalized spacial score (nSPS) is 9.91. The predicted molar refractivity (Wildman–Crippen MR) is 84.3 cm³/mol. The third-order valence-corrected chi connectivity index (χ3v) is 2.12. The molecule has 0 radical (unpaired) electrons. The van der Waals surface area contributed by atoms with E-state index in [0.717, 1.165) is 0 Å². The molecule has 2 N–H and O–H groups in total. The highest BCUT2D eigenvalue weighted by atomic mass is 16.6. The standard InChI is InChI=1S/C10H22O6.C5H8O2/c11-1-3-13-5-7-15-9-10-16-8-6-14-4-2-12;1-4(2)5(6)7-3/h11-12H,1-10H2;1H2,2-3H3. The van der Waals surface area contributed by atoms with E-state index < -0.39 is 0 Å². The van der Waals surface area contributed by atoms with Gasteiger partial charge in [-0.25, -0.2) is 4.79 Å². The molecular weight excluding hydrogens is 308 g/mol. The fourth-order valence-corrected chi connectivity index (χ4v) is 1.07. The number of hydrogen-bond donors (Lipinski definition) is 2. The van der Waals surface area contributed by atoms with E-state index >= 15 is 0 Å². The predicted octanol–water partition coefficient (Wildman–Crippen LogP) is -0.227. The largest absolute Gasteiger partial charge is 0.466 e. The van der Waals surface area contributed by atoms with Crippen LogP contribution in [0, 0.1) is 0 Å². The van der Waals surface area contributed by atoms with Crippen LogP contribution < -0.4 is 0 Å². The van der Waals surface area contributed by atoms with Crippen molar-refractivity contribution in [2.45, 2.75) is 6.92 Å². The molecular formula is C15H30O8. The van der Waals surface area contributed by atoms with Crippen LogP contribution in [0.25, 0.3) is 0 Å². The Hall–Kier alpha value is -1.03. The number of ether oxygens (including phenoxy) is 5. The average molecular weight is 338 g/mol. The minimum Gasteiger partial charge on any atom is -0.466 e. The summed E-state index contributed by atoms with van der Waals surface area (Å²) in [6, 6.07) is 0. The van der Waals surface area contributed by atoms with Crippen molar-refractivity contribution < 1.29 is 38.7 Å². The molecule has 0 spiro atoms. The quantitative estimate of drug-likeness (QED) is 0.254. The molecule has 0 aliphatic rings. The molecule has 0 aromatic heterocycles. The monoisotopic (exact) mass is 338 g/mol. The summed E-state index contributed by atoms with van der Waals surface area (Å²) in [6.45, 7) is 8.74. The van der Waals surface area contributed by atoms with Gasteiger partial charge < -0.3 is 33.9 Å². The molecule has 8 nitrogen and oxygen atoms in total. The van der Waals surface area contributed by atoms with E-state index in [2.05, 4.69) is 11.3 Å².